The first-order valence-corrected chi connectivity index (χ1v) is 11.7. The molecule has 1 unspecified atom stereocenters. The van der Waals surface area contributed by atoms with E-state index in [0.717, 1.165) is 23.1 Å². The number of hydrogen-bond donors (Lipinski definition) is 2. The summed E-state index contributed by atoms with van der Waals surface area (Å²) in [6.45, 7) is 9.23. The Labute approximate surface area is 191 Å². The summed E-state index contributed by atoms with van der Waals surface area (Å²) < 4.78 is 5.61. The molecule has 5 heteroatoms. The molecule has 0 bridgehead atoms. The summed E-state index contributed by atoms with van der Waals surface area (Å²) in [6.07, 6.45) is 2.97. The number of carbonyl (C=O) groups is 2. The molecule has 5 nitrogen and oxygen atoms in total. The topological polar surface area (TPSA) is 67.4 Å². The van der Waals surface area contributed by atoms with E-state index in [1.807, 2.05) is 57.2 Å². The molecule has 32 heavy (non-hydrogen) atoms. The zero-order valence-electron chi connectivity index (χ0n) is 19.7. The van der Waals surface area contributed by atoms with Gasteiger partial charge in [-0.05, 0) is 75.3 Å². The second-order valence-electron chi connectivity index (χ2n) is 9.22. The van der Waals surface area contributed by atoms with Crippen LogP contribution in [0.15, 0.2) is 48.5 Å². The number of carbonyl (C=O) groups excluding carboxylic acids is 2. The van der Waals surface area contributed by atoms with E-state index in [1.54, 1.807) is 0 Å². The highest BCUT2D eigenvalue weighted by Gasteiger charge is 2.40. The van der Waals surface area contributed by atoms with Crippen LogP contribution >= 0.6 is 0 Å². The van der Waals surface area contributed by atoms with Crippen molar-refractivity contribution in [2.24, 2.45) is 5.41 Å². The maximum absolute atomic E-state index is 13.4. The number of hydrogen-bond acceptors (Lipinski definition) is 3. The Morgan fingerprint density at radius 1 is 1.00 bits per heavy atom. The van der Waals surface area contributed by atoms with Crippen molar-refractivity contribution in [2.45, 2.75) is 65.5 Å². The van der Waals surface area contributed by atoms with Crippen molar-refractivity contribution in [1.82, 2.24) is 10.6 Å². The van der Waals surface area contributed by atoms with Crippen LogP contribution in [-0.2, 0) is 16.0 Å². The average molecular weight is 437 g/mol. The molecule has 1 saturated heterocycles. The highest BCUT2D eigenvalue weighted by Crippen LogP contribution is 2.38. The number of nitrogens with one attached hydrogen (secondary N) is 2. The maximum Gasteiger partial charge on any atom is 0.251 e. The largest absolute Gasteiger partial charge is 0.381 e. The van der Waals surface area contributed by atoms with Crippen molar-refractivity contribution < 1.29 is 14.3 Å². The fourth-order valence-electron chi connectivity index (χ4n) is 4.22. The fourth-order valence-corrected chi connectivity index (χ4v) is 4.22. The van der Waals surface area contributed by atoms with Crippen molar-refractivity contribution in [3.8, 4) is 11.1 Å². The van der Waals surface area contributed by atoms with Crippen LogP contribution in [0.1, 0.15) is 62.9 Å². The third-order valence-corrected chi connectivity index (χ3v) is 6.32. The van der Waals surface area contributed by atoms with E-state index in [2.05, 4.69) is 29.7 Å². The van der Waals surface area contributed by atoms with Crippen molar-refractivity contribution in [3.05, 3.63) is 59.7 Å². The zero-order valence-corrected chi connectivity index (χ0v) is 19.7. The molecule has 3 rings (SSSR count). The van der Waals surface area contributed by atoms with Crippen LogP contribution in [0, 0.1) is 5.41 Å². The maximum atomic E-state index is 13.4. The molecule has 172 valence electrons. The van der Waals surface area contributed by atoms with Gasteiger partial charge in [0.15, 0.2) is 0 Å². The molecule has 2 aromatic rings. The Hall–Kier alpha value is -2.66. The molecule has 0 spiro atoms. The lowest BCUT2D eigenvalue weighted by atomic mass is 9.73. The lowest BCUT2D eigenvalue weighted by Crippen LogP contribution is -2.48. The second kappa shape index (κ2) is 10.8. The third kappa shape index (κ3) is 5.77. The molecule has 0 saturated carbocycles. The second-order valence-corrected chi connectivity index (χ2v) is 9.22. The Bertz CT molecular complexity index is 932. The molecule has 1 fully saturated rings. The molecule has 1 aliphatic heterocycles. The van der Waals surface area contributed by atoms with Crippen molar-refractivity contribution in [2.75, 3.05) is 13.2 Å². The number of benzene rings is 2. The van der Waals surface area contributed by atoms with Crippen LogP contribution in [0.25, 0.3) is 11.1 Å². The van der Waals surface area contributed by atoms with Gasteiger partial charge in [-0.2, -0.15) is 0 Å². The molecule has 2 amide bonds. The number of ether oxygens (including phenoxy) is 1. The summed E-state index contributed by atoms with van der Waals surface area (Å²) in [5.41, 5.74) is 3.33. The first-order valence-electron chi connectivity index (χ1n) is 11.7. The summed E-state index contributed by atoms with van der Waals surface area (Å²) in [4.78, 5) is 25.9. The molecule has 2 aromatic carbocycles. The quantitative estimate of drug-likeness (QED) is 0.628. The predicted molar refractivity (Wildman–Crippen MR) is 129 cm³/mol. The van der Waals surface area contributed by atoms with Crippen LogP contribution in [-0.4, -0.2) is 37.1 Å². The molecule has 0 aromatic heterocycles. The van der Waals surface area contributed by atoms with E-state index in [-0.39, 0.29) is 23.9 Å². The van der Waals surface area contributed by atoms with Crippen LogP contribution in [0.3, 0.4) is 0 Å². The standard InChI is InChI=1S/C27H36N2O3/c1-5-20(4)29-26(31)27(13-15-32-16-14-27)18-23-9-6-7-12-24(23)21-10-8-11-22(17-21)25(30)28-19(2)3/h6-12,17,19-20H,5,13-16,18H2,1-4H3,(H,28,30)(H,29,31). The van der Waals surface area contributed by atoms with Crippen molar-refractivity contribution >= 4 is 11.8 Å². The molecular weight excluding hydrogens is 400 g/mol. The molecule has 1 atom stereocenters. The van der Waals surface area contributed by atoms with Crippen LogP contribution in [0.5, 0.6) is 0 Å². The Balaban J connectivity index is 1.93. The molecular formula is C27H36N2O3. The van der Waals surface area contributed by atoms with Crippen molar-refractivity contribution in [3.63, 3.8) is 0 Å². The fraction of sp³-hybridized carbons (Fsp3) is 0.481. The van der Waals surface area contributed by atoms with Gasteiger partial charge in [-0.3, -0.25) is 9.59 Å². The van der Waals surface area contributed by atoms with Crippen LogP contribution < -0.4 is 10.6 Å². The molecule has 2 N–H and O–H groups in total. The summed E-state index contributed by atoms with van der Waals surface area (Å²) in [5.74, 6) is 0.0446. The summed E-state index contributed by atoms with van der Waals surface area (Å²) in [7, 11) is 0. The van der Waals surface area contributed by atoms with Gasteiger partial charge in [0.05, 0.1) is 5.41 Å². The van der Waals surface area contributed by atoms with E-state index in [0.29, 0.717) is 38.0 Å². The van der Waals surface area contributed by atoms with Crippen LogP contribution in [0.2, 0.25) is 0 Å². The van der Waals surface area contributed by atoms with Gasteiger partial charge in [0.2, 0.25) is 5.91 Å². The van der Waals surface area contributed by atoms with E-state index < -0.39 is 5.41 Å². The Kier molecular flexibility index (Phi) is 8.08. The molecule has 1 aliphatic rings. The molecule has 0 aliphatic carbocycles. The highest BCUT2D eigenvalue weighted by atomic mass is 16.5. The minimum Gasteiger partial charge on any atom is -0.381 e. The monoisotopic (exact) mass is 436 g/mol. The zero-order chi connectivity index (χ0) is 23.1. The Morgan fingerprint density at radius 3 is 2.41 bits per heavy atom. The lowest BCUT2D eigenvalue weighted by Gasteiger charge is -2.37. The summed E-state index contributed by atoms with van der Waals surface area (Å²) in [6, 6.07) is 16.2. The smallest absolute Gasteiger partial charge is 0.251 e. The summed E-state index contributed by atoms with van der Waals surface area (Å²) in [5, 5.41) is 6.17. The SMILES string of the molecule is CCC(C)NC(=O)C1(Cc2ccccc2-c2cccc(C(=O)NC(C)C)c2)CCOCC1. The van der Waals surface area contributed by atoms with Gasteiger partial charge in [0.1, 0.15) is 0 Å². The van der Waals surface area contributed by atoms with Crippen LogP contribution in [0.4, 0.5) is 0 Å². The lowest BCUT2D eigenvalue weighted by molar-refractivity contribution is -0.137. The first kappa shape index (κ1) is 24.0. The molecule has 0 radical (unpaired) electrons. The van der Waals surface area contributed by atoms with E-state index >= 15 is 0 Å². The van der Waals surface area contributed by atoms with E-state index in [4.69, 9.17) is 4.74 Å². The minimum atomic E-state index is -0.482. The van der Waals surface area contributed by atoms with E-state index in [1.165, 1.54) is 0 Å². The van der Waals surface area contributed by atoms with Gasteiger partial charge in [0.25, 0.3) is 5.91 Å². The van der Waals surface area contributed by atoms with Crippen molar-refractivity contribution in [1.29, 1.82) is 0 Å². The van der Waals surface area contributed by atoms with Gasteiger partial charge in [-0.1, -0.05) is 43.3 Å². The average Bonchev–Trinajstić information content (AvgIpc) is 2.79. The number of rotatable bonds is 8. The third-order valence-electron chi connectivity index (χ3n) is 6.32. The normalized spacial score (nSPS) is 16.4. The van der Waals surface area contributed by atoms with Gasteiger partial charge in [0, 0.05) is 30.9 Å². The van der Waals surface area contributed by atoms with Gasteiger partial charge in [-0.15, -0.1) is 0 Å². The highest BCUT2D eigenvalue weighted by molar-refractivity contribution is 5.95. The van der Waals surface area contributed by atoms with E-state index in [9.17, 15) is 9.59 Å². The predicted octanol–water partition coefficient (Wildman–Crippen LogP) is 4.75. The Morgan fingerprint density at radius 2 is 1.72 bits per heavy atom. The van der Waals surface area contributed by atoms with Gasteiger partial charge in [-0.25, -0.2) is 0 Å². The molecule has 1 heterocycles. The minimum absolute atomic E-state index is 0.0758. The summed E-state index contributed by atoms with van der Waals surface area (Å²) >= 11 is 0. The first-order chi connectivity index (χ1) is 15.3. The number of amides is 2. The van der Waals surface area contributed by atoms with Gasteiger partial charge < -0.3 is 15.4 Å². The van der Waals surface area contributed by atoms with Gasteiger partial charge >= 0.3 is 0 Å².